The Hall–Kier alpha value is -3.02. The van der Waals surface area contributed by atoms with Crippen molar-refractivity contribution in [3.63, 3.8) is 0 Å². The molecule has 11 heteroatoms. The summed E-state index contributed by atoms with van der Waals surface area (Å²) < 4.78 is 53.3. The number of nitrogens with zero attached hydrogens (tertiary/aromatic N) is 3. The molecule has 0 bridgehead atoms. The van der Waals surface area contributed by atoms with E-state index in [1.807, 2.05) is 0 Å². The zero-order valence-electron chi connectivity index (χ0n) is 15.8. The minimum absolute atomic E-state index is 0.0408. The van der Waals surface area contributed by atoms with Crippen molar-refractivity contribution in [2.75, 3.05) is 31.6 Å². The summed E-state index contributed by atoms with van der Waals surface area (Å²) in [5, 5.41) is 6.61. The maximum absolute atomic E-state index is 14.3. The number of nitrogens with one attached hydrogen (secondary N) is 1. The number of rotatable bonds is 6. The first-order valence-corrected chi connectivity index (χ1v) is 10.6. The topological polar surface area (TPSA) is 107 Å². The fraction of sp³-hybridized carbons (Fsp3) is 0.263. The maximum Gasteiger partial charge on any atom is 0.291 e. The second-order valence-electron chi connectivity index (χ2n) is 6.59. The second-order valence-corrected chi connectivity index (χ2v) is 8.49. The molecule has 158 valence electrons. The number of furan rings is 1. The molecule has 9 nitrogen and oxygen atoms in total. The molecule has 1 saturated heterocycles. The van der Waals surface area contributed by atoms with Gasteiger partial charge in [0.15, 0.2) is 5.76 Å². The Bertz CT molecular complexity index is 1140. The lowest BCUT2D eigenvalue weighted by Crippen LogP contribution is -2.40. The molecule has 0 radical (unpaired) electrons. The molecule has 1 fully saturated rings. The Morgan fingerprint density at radius 3 is 2.73 bits per heavy atom. The largest absolute Gasteiger partial charge is 0.454 e. The van der Waals surface area contributed by atoms with Gasteiger partial charge in [0.05, 0.1) is 19.8 Å². The zero-order valence-corrected chi connectivity index (χ0v) is 16.6. The van der Waals surface area contributed by atoms with E-state index in [-0.39, 0.29) is 37.8 Å². The van der Waals surface area contributed by atoms with Gasteiger partial charge in [0, 0.05) is 31.2 Å². The van der Waals surface area contributed by atoms with E-state index < -0.39 is 26.6 Å². The predicted molar refractivity (Wildman–Crippen MR) is 104 cm³/mol. The number of carbonyl (C=O) groups is 1. The molecule has 0 spiro atoms. The van der Waals surface area contributed by atoms with E-state index in [4.69, 9.17) is 9.15 Å². The number of halogens is 1. The van der Waals surface area contributed by atoms with Crippen molar-refractivity contribution >= 4 is 21.6 Å². The van der Waals surface area contributed by atoms with E-state index in [0.717, 1.165) is 16.4 Å². The van der Waals surface area contributed by atoms with E-state index in [1.165, 1.54) is 12.1 Å². The molecule has 1 aliphatic heterocycles. The molecule has 0 unspecified atom stereocenters. The highest BCUT2D eigenvalue weighted by Crippen LogP contribution is 2.24. The smallest absolute Gasteiger partial charge is 0.291 e. The van der Waals surface area contributed by atoms with Gasteiger partial charge in [-0.25, -0.2) is 12.8 Å². The number of sulfonamides is 1. The van der Waals surface area contributed by atoms with Crippen LogP contribution in [0.1, 0.15) is 16.3 Å². The molecule has 4 rings (SSSR count). The van der Waals surface area contributed by atoms with Gasteiger partial charge in [-0.3, -0.25) is 9.48 Å². The average molecular weight is 434 g/mol. The quantitative estimate of drug-likeness (QED) is 0.636. The van der Waals surface area contributed by atoms with E-state index >= 15 is 0 Å². The molecule has 1 N–H and O–H groups in total. The normalized spacial score (nSPS) is 15.2. The minimum atomic E-state index is -4.05. The molecule has 1 amide bonds. The van der Waals surface area contributed by atoms with Crippen molar-refractivity contribution in [3.05, 3.63) is 66.1 Å². The number of benzene rings is 1. The third kappa shape index (κ3) is 4.27. The fourth-order valence-electron chi connectivity index (χ4n) is 3.04. The molecule has 2 aromatic heterocycles. The third-order valence-corrected chi connectivity index (χ3v) is 6.45. The first kappa shape index (κ1) is 20.3. The zero-order chi connectivity index (χ0) is 21.1. The van der Waals surface area contributed by atoms with Crippen LogP contribution in [0.2, 0.25) is 0 Å². The number of carbonyl (C=O) groups excluding carboxylic acids is 1. The summed E-state index contributed by atoms with van der Waals surface area (Å²) in [7, 11) is -4.05. The molecule has 30 heavy (non-hydrogen) atoms. The van der Waals surface area contributed by atoms with E-state index in [9.17, 15) is 17.6 Å². The highest BCUT2D eigenvalue weighted by atomic mass is 32.2. The highest BCUT2D eigenvalue weighted by Gasteiger charge is 2.29. The lowest BCUT2D eigenvalue weighted by atomic mass is 10.3. The number of morpholine rings is 1. The van der Waals surface area contributed by atoms with E-state index in [0.29, 0.717) is 12.3 Å². The number of ether oxygens (including phenoxy) is 1. The van der Waals surface area contributed by atoms with E-state index in [1.54, 1.807) is 29.2 Å². The van der Waals surface area contributed by atoms with Gasteiger partial charge in [0.25, 0.3) is 5.91 Å². The number of hydrogen-bond donors (Lipinski definition) is 1. The van der Waals surface area contributed by atoms with Crippen LogP contribution in [0.4, 0.5) is 10.1 Å². The number of anilines is 1. The Balaban J connectivity index is 1.50. The molecule has 1 aromatic carbocycles. The SMILES string of the molecule is O=C(Nc1ccc(F)c(S(=O)(=O)N2CCOCC2)c1)c1ccc(Cn2cccn2)o1. The fourth-order valence-corrected chi connectivity index (χ4v) is 4.53. The van der Waals surface area contributed by atoms with Crippen molar-refractivity contribution < 1.29 is 26.8 Å². The van der Waals surface area contributed by atoms with Gasteiger partial charge >= 0.3 is 0 Å². The van der Waals surface area contributed by atoms with Crippen LogP contribution < -0.4 is 5.32 Å². The van der Waals surface area contributed by atoms with Crippen LogP contribution in [0.5, 0.6) is 0 Å². The van der Waals surface area contributed by atoms with Gasteiger partial charge in [0.1, 0.15) is 16.5 Å². The summed E-state index contributed by atoms with van der Waals surface area (Å²) in [5.74, 6) is -0.903. The lowest BCUT2D eigenvalue weighted by Gasteiger charge is -2.26. The third-order valence-electron chi connectivity index (χ3n) is 4.54. The summed E-state index contributed by atoms with van der Waals surface area (Å²) >= 11 is 0. The van der Waals surface area contributed by atoms with Crippen molar-refractivity contribution in [3.8, 4) is 0 Å². The first-order chi connectivity index (χ1) is 14.4. The molecule has 0 atom stereocenters. The van der Waals surface area contributed by atoms with Crippen LogP contribution in [0.3, 0.4) is 0 Å². The second kappa shape index (κ2) is 8.38. The molecule has 3 aromatic rings. The molecular weight excluding hydrogens is 415 g/mol. The van der Waals surface area contributed by atoms with Gasteiger partial charge in [-0.1, -0.05) is 0 Å². The van der Waals surface area contributed by atoms with Crippen molar-refractivity contribution in [2.45, 2.75) is 11.4 Å². The van der Waals surface area contributed by atoms with Crippen molar-refractivity contribution in [1.29, 1.82) is 0 Å². The Morgan fingerprint density at radius 2 is 2.00 bits per heavy atom. The molecule has 0 saturated carbocycles. The Morgan fingerprint density at radius 1 is 1.20 bits per heavy atom. The summed E-state index contributed by atoms with van der Waals surface area (Å²) in [6, 6.07) is 8.32. The van der Waals surface area contributed by atoms with Crippen LogP contribution >= 0.6 is 0 Å². The van der Waals surface area contributed by atoms with Crippen molar-refractivity contribution in [1.82, 2.24) is 14.1 Å². The van der Waals surface area contributed by atoms with Crippen molar-refractivity contribution in [2.24, 2.45) is 0 Å². The monoisotopic (exact) mass is 434 g/mol. The minimum Gasteiger partial charge on any atom is -0.454 e. The van der Waals surface area contributed by atoms with Gasteiger partial charge < -0.3 is 14.5 Å². The van der Waals surface area contributed by atoms with Crippen LogP contribution in [-0.2, 0) is 21.3 Å². The van der Waals surface area contributed by atoms with Gasteiger partial charge in [-0.2, -0.15) is 9.40 Å². The van der Waals surface area contributed by atoms with Crippen LogP contribution in [0, 0.1) is 5.82 Å². The Labute approximate surface area is 172 Å². The Kier molecular flexibility index (Phi) is 5.66. The highest BCUT2D eigenvalue weighted by molar-refractivity contribution is 7.89. The number of aromatic nitrogens is 2. The van der Waals surface area contributed by atoms with Gasteiger partial charge in [0.2, 0.25) is 10.0 Å². The standard InChI is InChI=1S/C19H19FN4O5S/c20-16-4-2-14(12-18(16)30(26,27)24-8-10-28-11-9-24)22-19(25)17-5-3-15(29-17)13-23-7-1-6-21-23/h1-7,12H,8-11,13H2,(H,22,25). The molecule has 0 aliphatic carbocycles. The number of amides is 1. The summed E-state index contributed by atoms with van der Waals surface area (Å²) in [6.45, 7) is 1.14. The summed E-state index contributed by atoms with van der Waals surface area (Å²) in [6.07, 6.45) is 3.39. The summed E-state index contributed by atoms with van der Waals surface area (Å²) in [5.41, 5.74) is 0.137. The maximum atomic E-state index is 14.3. The molecular formula is C19H19FN4O5S. The number of hydrogen-bond acceptors (Lipinski definition) is 6. The molecule has 3 heterocycles. The van der Waals surface area contributed by atoms with Crippen LogP contribution in [0.25, 0.3) is 0 Å². The van der Waals surface area contributed by atoms with Gasteiger partial charge in [-0.05, 0) is 36.4 Å². The van der Waals surface area contributed by atoms with Crippen LogP contribution in [0.15, 0.2) is 58.1 Å². The average Bonchev–Trinajstić information content (AvgIpc) is 3.42. The lowest BCUT2D eigenvalue weighted by molar-refractivity contribution is 0.0729. The van der Waals surface area contributed by atoms with Crippen LogP contribution in [-0.4, -0.2) is 54.7 Å². The van der Waals surface area contributed by atoms with E-state index in [2.05, 4.69) is 10.4 Å². The first-order valence-electron chi connectivity index (χ1n) is 9.18. The predicted octanol–water partition coefficient (Wildman–Crippen LogP) is 1.94. The molecule has 1 aliphatic rings. The van der Waals surface area contributed by atoms with Gasteiger partial charge in [-0.15, -0.1) is 0 Å². The summed E-state index contributed by atoms with van der Waals surface area (Å²) in [4.78, 5) is 12.0.